The predicted octanol–water partition coefficient (Wildman–Crippen LogP) is 5.19. The van der Waals surface area contributed by atoms with Crippen LogP contribution in [0.3, 0.4) is 0 Å². The van der Waals surface area contributed by atoms with Crippen molar-refractivity contribution in [3.8, 4) is 28.4 Å². The minimum Gasteiger partial charge on any atom is -0.454 e. The number of nitrogen functional groups attached to an aromatic ring is 1. The third-order valence-corrected chi connectivity index (χ3v) is 4.10. The first-order chi connectivity index (χ1) is 13.3. The van der Waals surface area contributed by atoms with E-state index in [1.54, 1.807) is 36.4 Å². The number of carbonyl (C=O) groups excluding carboxylic acids is 1. The minimum absolute atomic E-state index is 0.0773. The van der Waals surface area contributed by atoms with Gasteiger partial charge in [0.2, 0.25) is 0 Å². The van der Waals surface area contributed by atoms with Crippen LogP contribution in [-0.4, -0.2) is 12.3 Å². The van der Waals surface area contributed by atoms with E-state index in [2.05, 4.69) is 10.1 Å². The zero-order chi connectivity index (χ0) is 19.9. The molecule has 1 amide bonds. The Bertz CT molecular complexity index is 1080. The van der Waals surface area contributed by atoms with Crippen LogP contribution >= 0.6 is 0 Å². The van der Waals surface area contributed by atoms with Crippen LogP contribution in [0.25, 0.3) is 11.1 Å². The number of fused-ring (bicyclic) bond motifs is 2. The highest BCUT2D eigenvalue weighted by atomic mass is 19.4. The van der Waals surface area contributed by atoms with Crippen LogP contribution in [0.2, 0.25) is 0 Å². The number of halogens is 3. The normalized spacial score (nSPS) is 12.9. The highest BCUT2D eigenvalue weighted by Gasteiger charge is 2.32. The second kappa shape index (κ2) is 6.49. The zero-order valence-electron chi connectivity index (χ0n) is 14.2. The lowest BCUT2D eigenvalue weighted by atomic mass is 10.0. The standard InChI is InChI=1S/C20H13F3N2O3/c21-20(22,23)28-14-5-7-18-16(10-14)25-19(26)15-9-12(4-6-17(15)27-18)11-2-1-3-13(24)8-11/h1-10H,24H2,(H,25,26). The number of carbonyl (C=O) groups is 1. The third-order valence-electron chi connectivity index (χ3n) is 4.10. The smallest absolute Gasteiger partial charge is 0.454 e. The van der Waals surface area contributed by atoms with Gasteiger partial charge >= 0.3 is 6.36 Å². The molecule has 3 N–H and O–H groups in total. The first-order valence-electron chi connectivity index (χ1n) is 8.17. The van der Waals surface area contributed by atoms with E-state index in [9.17, 15) is 18.0 Å². The number of nitrogens with two attached hydrogens (primary N) is 1. The van der Waals surface area contributed by atoms with Crippen LogP contribution in [0.4, 0.5) is 24.5 Å². The molecule has 4 rings (SSSR count). The van der Waals surface area contributed by atoms with Crippen molar-refractivity contribution in [2.24, 2.45) is 0 Å². The Labute approximate surface area is 157 Å². The number of ether oxygens (including phenoxy) is 2. The Hall–Kier alpha value is -3.68. The Morgan fingerprint density at radius 3 is 2.43 bits per heavy atom. The SMILES string of the molecule is Nc1cccc(-c2ccc3c(c2)C(=O)Nc2cc(OC(F)(F)F)ccc2O3)c1. The van der Waals surface area contributed by atoms with Gasteiger partial charge < -0.3 is 20.5 Å². The summed E-state index contributed by atoms with van der Waals surface area (Å²) in [5.41, 5.74) is 8.27. The van der Waals surface area contributed by atoms with Crippen molar-refractivity contribution in [2.45, 2.75) is 6.36 Å². The van der Waals surface area contributed by atoms with E-state index in [4.69, 9.17) is 10.5 Å². The molecule has 1 heterocycles. The highest BCUT2D eigenvalue weighted by Crippen LogP contribution is 2.40. The lowest BCUT2D eigenvalue weighted by Crippen LogP contribution is -2.17. The molecule has 0 bridgehead atoms. The number of hydrogen-bond acceptors (Lipinski definition) is 4. The topological polar surface area (TPSA) is 73.6 Å². The van der Waals surface area contributed by atoms with Gasteiger partial charge in [-0.15, -0.1) is 13.2 Å². The van der Waals surface area contributed by atoms with E-state index in [0.717, 1.165) is 23.3 Å². The Balaban J connectivity index is 1.70. The van der Waals surface area contributed by atoms with Gasteiger partial charge in [0.25, 0.3) is 5.91 Å². The van der Waals surface area contributed by atoms with Crippen molar-refractivity contribution in [1.29, 1.82) is 0 Å². The zero-order valence-corrected chi connectivity index (χ0v) is 14.2. The van der Waals surface area contributed by atoms with Crippen molar-refractivity contribution in [1.82, 2.24) is 0 Å². The van der Waals surface area contributed by atoms with Crippen molar-refractivity contribution in [3.63, 3.8) is 0 Å². The molecule has 1 aliphatic rings. The summed E-state index contributed by atoms with van der Waals surface area (Å²) < 4.78 is 46.9. The van der Waals surface area contributed by atoms with Crippen LogP contribution < -0.4 is 20.5 Å². The molecule has 1 aliphatic heterocycles. The summed E-state index contributed by atoms with van der Waals surface area (Å²) >= 11 is 0. The molecule has 0 atom stereocenters. The van der Waals surface area contributed by atoms with E-state index in [0.29, 0.717) is 5.69 Å². The summed E-state index contributed by atoms with van der Waals surface area (Å²) in [6, 6.07) is 15.7. The molecule has 0 saturated heterocycles. The first-order valence-corrected chi connectivity index (χ1v) is 8.17. The van der Waals surface area contributed by atoms with Crippen LogP contribution in [0.5, 0.6) is 17.2 Å². The van der Waals surface area contributed by atoms with Gasteiger partial charge in [-0.05, 0) is 47.5 Å². The molecule has 0 fully saturated rings. The van der Waals surface area contributed by atoms with Gasteiger partial charge in [0, 0.05) is 11.8 Å². The summed E-state index contributed by atoms with van der Waals surface area (Å²) in [5, 5.41) is 2.56. The number of amides is 1. The van der Waals surface area contributed by atoms with Crippen molar-refractivity contribution >= 4 is 17.3 Å². The maximum Gasteiger partial charge on any atom is 0.573 e. The monoisotopic (exact) mass is 386 g/mol. The van der Waals surface area contributed by atoms with E-state index in [-0.39, 0.29) is 22.7 Å². The lowest BCUT2D eigenvalue weighted by molar-refractivity contribution is -0.274. The molecule has 3 aromatic carbocycles. The molecular weight excluding hydrogens is 373 g/mol. The van der Waals surface area contributed by atoms with Crippen LogP contribution in [-0.2, 0) is 0 Å². The Morgan fingerprint density at radius 2 is 1.68 bits per heavy atom. The number of anilines is 2. The van der Waals surface area contributed by atoms with Crippen LogP contribution in [0.15, 0.2) is 60.7 Å². The van der Waals surface area contributed by atoms with Crippen molar-refractivity contribution < 1.29 is 27.4 Å². The molecule has 0 unspecified atom stereocenters. The van der Waals surface area contributed by atoms with Crippen LogP contribution in [0, 0.1) is 0 Å². The van der Waals surface area contributed by atoms with Gasteiger partial charge in [0.15, 0.2) is 5.75 Å². The summed E-state index contributed by atoms with van der Waals surface area (Å²) in [5.74, 6) is -0.475. The molecule has 5 nitrogen and oxygen atoms in total. The molecule has 3 aromatic rings. The van der Waals surface area contributed by atoms with Gasteiger partial charge in [-0.3, -0.25) is 4.79 Å². The molecule has 8 heteroatoms. The number of alkyl halides is 3. The Morgan fingerprint density at radius 1 is 0.929 bits per heavy atom. The minimum atomic E-state index is -4.83. The fourth-order valence-electron chi connectivity index (χ4n) is 2.90. The van der Waals surface area contributed by atoms with Crippen molar-refractivity contribution in [2.75, 3.05) is 11.1 Å². The van der Waals surface area contributed by atoms with E-state index < -0.39 is 18.0 Å². The number of benzene rings is 3. The lowest BCUT2D eigenvalue weighted by Gasteiger charge is -2.12. The van der Waals surface area contributed by atoms with Crippen LogP contribution in [0.1, 0.15) is 10.4 Å². The fraction of sp³-hybridized carbons (Fsp3) is 0.0500. The highest BCUT2D eigenvalue weighted by molar-refractivity contribution is 6.08. The first kappa shape index (κ1) is 17.7. The van der Waals surface area contributed by atoms with E-state index in [1.807, 2.05) is 6.07 Å². The largest absolute Gasteiger partial charge is 0.573 e. The molecule has 28 heavy (non-hydrogen) atoms. The summed E-state index contributed by atoms with van der Waals surface area (Å²) in [4.78, 5) is 12.6. The molecule has 0 saturated carbocycles. The second-order valence-electron chi connectivity index (χ2n) is 6.10. The fourth-order valence-corrected chi connectivity index (χ4v) is 2.90. The maximum atomic E-state index is 12.6. The molecule has 0 spiro atoms. The molecule has 0 radical (unpaired) electrons. The van der Waals surface area contributed by atoms with E-state index in [1.165, 1.54) is 6.07 Å². The average molecular weight is 386 g/mol. The summed E-state index contributed by atoms with van der Waals surface area (Å²) in [6.45, 7) is 0. The number of rotatable bonds is 2. The van der Waals surface area contributed by atoms with Crippen molar-refractivity contribution in [3.05, 3.63) is 66.2 Å². The quantitative estimate of drug-likeness (QED) is 0.595. The number of nitrogens with one attached hydrogen (secondary N) is 1. The maximum absolute atomic E-state index is 12.6. The van der Waals surface area contributed by atoms with E-state index >= 15 is 0 Å². The van der Waals surface area contributed by atoms with Gasteiger partial charge in [0.1, 0.15) is 11.5 Å². The molecular formula is C20H13F3N2O3. The summed E-state index contributed by atoms with van der Waals surface area (Å²) in [7, 11) is 0. The number of hydrogen-bond donors (Lipinski definition) is 2. The molecule has 0 aromatic heterocycles. The second-order valence-corrected chi connectivity index (χ2v) is 6.10. The van der Waals surface area contributed by atoms with Gasteiger partial charge in [0.05, 0.1) is 11.3 Å². The van der Waals surface area contributed by atoms with Gasteiger partial charge in [-0.2, -0.15) is 0 Å². The predicted molar refractivity (Wildman–Crippen MR) is 97.4 cm³/mol. The van der Waals surface area contributed by atoms with Gasteiger partial charge in [-0.1, -0.05) is 18.2 Å². The third kappa shape index (κ3) is 3.57. The Kier molecular flexibility index (Phi) is 4.11. The molecule has 142 valence electrons. The molecule has 0 aliphatic carbocycles. The summed E-state index contributed by atoms with van der Waals surface area (Å²) in [6.07, 6.45) is -4.83. The average Bonchev–Trinajstić information content (AvgIpc) is 2.75. The van der Waals surface area contributed by atoms with Gasteiger partial charge in [-0.25, -0.2) is 0 Å².